The normalized spacial score (nSPS) is 13.2. The van der Waals surface area contributed by atoms with E-state index in [0.29, 0.717) is 11.1 Å². The van der Waals surface area contributed by atoms with Gasteiger partial charge in [0.05, 0.1) is 4.90 Å². The molecule has 2 aromatic carbocycles. The van der Waals surface area contributed by atoms with E-state index in [9.17, 15) is 18.1 Å². The van der Waals surface area contributed by atoms with Gasteiger partial charge in [0.2, 0.25) is 0 Å². The molecule has 0 radical (unpaired) electrons. The van der Waals surface area contributed by atoms with Crippen LogP contribution in [0.4, 0.5) is 0 Å². The Bertz CT molecular complexity index is 721. The SMILES string of the molecule is Cc1c(S(=O)(=O)O)ccc(O)c1C(C)c1ccccc1. The van der Waals surface area contributed by atoms with Crippen molar-refractivity contribution in [2.75, 3.05) is 0 Å². The van der Waals surface area contributed by atoms with Crippen LogP contribution in [0.15, 0.2) is 47.4 Å². The Labute approximate surface area is 118 Å². The highest BCUT2D eigenvalue weighted by atomic mass is 32.2. The molecule has 0 saturated carbocycles. The zero-order valence-corrected chi connectivity index (χ0v) is 12.1. The predicted molar refractivity (Wildman–Crippen MR) is 76.6 cm³/mol. The molecule has 2 aromatic rings. The van der Waals surface area contributed by atoms with Gasteiger partial charge in [-0.05, 0) is 30.2 Å². The first-order valence-electron chi connectivity index (χ1n) is 6.17. The van der Waals surface area contributed by atoms with Gasteiger partial charge in [-0.3, -0.25) is 4.55 Å². The van der Waals surface area contributed by atoms with Crippen LogP contribution in [0.1, 0.15) is 29.5 Å². The Balaban J connectivity index is 2.63. The number of rotatable bonds is 3. The van der Waals surface area contributed by atoms with E-state index in [0.717, 1.165) is 5.56 Å². The molecule has 0 heterocycles. The number of hydrogen-bond donors (Lipinski definition) is 2. The summed E-state index contributed by atoms with van der Waals surface area (Å²) in [6.07, 6.45) is 0. The summed E-state index contributed by atoms with van der Waals surface area (Å²) in [5.74, 6) is -0.163. The molecule has 0 aliphatic rings. The summed E-state index contributed by atoms with van der Waals surface area (Å²) in [6.45, 7) is 3.46. The maximum Gasteiger partial charge on any atom is 0.294 e. The van der Waals surface area contributed by atoms with Gasteiger partial charge in [0.1, 0.15) is 5.75 Å². The molecular formula is C15H16O4S. The second-order valence-electron chi connectivity index (χ2n) is 4.73. The molecule has 0 aliphatic heterocycles. The highest BCUT2D eigenvalue weighted by molar-refractivity contribution is 7.85. The predicted octanol–water partition coefficient (Wildman–Crippen LogP) is 3.10. The molecule has 5 heteroatoms. The van der Waals surface area contributed by atoms with Gasteiger partial charge in [-0.1, -0.05) is 37.3 Å². The van der Waals surface area contributed by atoms with Crippen LogP contribution in [-0.2, 0) is 10.1 Å². The lowest BCUT2D eigenvalue weighted by atomic mass is 9.89. The van der Waals surface area contributed by atoms with Crippen molar-refractivity contribution in [2.45, 2.75) is 24.7 Å². The maximum absolute atomic E-state index is 11.4. The Morgan fingerprint density at radius 1 is 1.05 bits per heavy atom. The van der Waals surface area contributed by atoms with Crippen molar-refractivity contribution in [1.29, 1.82) is 0 Å². The number of aromatic hydroxyl groups is 1. The molecule has 0 aliphatic carbocycles. The molecule has 106 valence electrons. The molecule has 0 fully saturated rings. The van der Waals surface area contributed by atoms with E-state index in [4.69, 9.17) is 0 Å². The second kappa shape index (κ2) is 5.26. The lowest BCUT2D eigenvalue weighted by molar-refractivity contribution is 0.462. The van der Waals surface area contributed by atoms with Gasteiger partial charge in [0.15, 0.2) is 0 Å². The Hall–Kier alpha value is -1.85. The van der Waals surface area contributed by atoms with E-state index < -0.39 is 10.1 Å². The second-order valence-corrected chi connectivity index (χ2v) is 6.12. The topological polar surface area (TPSA) is 74.6 Å². The summed E-state index contributed by atoms with van der Waals surface area (Å²) in [7, 11) is -4.30. The minimum absolute atomic E-state index is 0.0197. The first kappa shape index (κ1) is 14.6. The van der Waals surface area contributed by atoms with Crippen molar-refractivity contribution in [3.05, 3.63) is 59.2 Å². The van der Waals surface area contributed by atoms with E-state index >= 15 is 0 Å². The summed E-state index contributed by atoms with van der Waals surface area (Å²) in [5, 5.41) is 10.0. The van der Waals surface area contributed by atoms with Crippen molar-refractivity contribution in [2.24, 2.45) is 0 Å². The molecule has 20 heavy (non-hydrogen) atoms. The lowest BCUT2D eigenvalue weighted by Crippen LogP contribution is -2.06. The van der Waals surface area contributed by atoms with Crippen LogP contribution in [0.25, 0.3) is 0 Å². The van der Waals surface area contributed by atoms with Gasteiger partial charge in [-0.15, -0.1) is 0 Å². The number of benzene rings is 2. The first-order chi connectivity index (χ1) is 9.32. The van der Waals surface area contributed by atoms with E-state index in [-0.39, 0.29) is 16.6 Å². The van der Waals surface area contributed by atoms with Crippen LogP contribution in [0.5, 0.6) is 5.75 Å². The Kier molecular flexibility index (Phi) is 3.83. The fourth-order valence-electron chi connectivity index (χ4n) is 2.43. The smallest absolute Gasteiger partial charge is 0.294 e. The molecular weight excluding hydrogens is 276 g/mol. The molecule has 0 saturated heterocycles. The van der Waals surface area contributed by atoms with Gasteiger partial charge in [-0.2, -0.15) is 8.42 Å². The average Bonchev–Trinajstić information content (AvgIpc) is 2.38. The van der Waals surface area contributed by atoms with Crippen molar-refractivity contribution >= 4 is 10.1 Å². The number of phenols is 1. The highest BCUT2D eigenvalue weighted by Crippen LogP contribution is 2.36. The zero-order valence-electron chi connectivity index (χ0n) is 11.2. The van der Waals surface area contributed by atoms with Crippen molar-refractivity contribution in [1.82, 2.24) is 0 Å². The largest absolute Gasteiger partial charge is 0.508 e. The van der Waals surface area contributed by atoms with Crippen LogP contribution in [0.3, 0.4) is 0 Å². The molecule has 4 nitrogen and oxygen atoms in total. The lowest BCUT2D eigenvalue weighted by Gasteiger charge is -2.18. The highest BCUT2D eigenvalue weighted by Gasteiger charge is 2.22. The van der Waals surface area contributed by atoms with Crippen molar-refractivity contribution < 1.29 is 18.1 Å². The van der Waals surface area contributed by atoms with Crippen LogP contribution >= 0.6 is 0 Å². The van der Waals surface area contributed by atoms with Gasteiger partial charge in [0.25, 0.3) is 10.1 Å². The molecule has 1 atom stereocenters. The number of hydrogen-bond acceptors (Lipinski definition) is 3. The van der Waals surface area contributed by atoms with Gasteiger partial charge in [0, 0.05) is 11.5 Å². The van der Waals surface area contributed by atoms with Gasteiger partial charge >= 0.3 is 0 Å². The van der Waals surface area contributed by atoms with Crippen LogP contribution in [0.2, 0.25) is 0 Å². The molecule has 0 amide bonds. The molecule has 0 aromatic heterocycles. The van der Waals surface area contributed by atoms with Crippen molar-refractivity contribution in [3.63, 3.8) is 0 Å². The van der Waals surface area contributed by atoms with Crippen LogP contribution in [0, 0.1) is 6.92 Å². The van der Waals surface area contributed by atoms with Crippen molar-refractivity contribution in [3.8, 4) is 5.75 Å². The monoisotopic (exact) mass is 292 g/mol. The third-order valence-corrected chi connectivity index (χ3v) is 4.45. The fourth-order valence-corrected chi connectivity index (χ4v) is 3.17. The molecule has 0 spiro atoms. The van der Waals surface area contributed by atoms with E-state index in [1.165, 1.54) is 12.1 Å². The van der Waals surface area contributed by atoms with E-state index in [1.807, 2.05) is 37.3 Å². The minimum Gasteiger partial charge on any atom is -0.508 e. The first-order valence-corrected chi connectivity index (χ1v) is 7.61. The molecule has 2 rings (SSSR count). The molecule has 1 unspecified atom stereocenters. The van der Waals surface area contributed by atoms with E-state index in [1.54, 1.807) is 6.92 Å². The van der Waals surface area contributed by atoms with Gasteiger partial charge < -0.3 is 5.11 Å². The number of phenolic OH excluding ortho intramolecular Hbond substituents is 1. The summed E-state index contributed by atoms with van der Waals surface area (Å²) >= 11 is 0. The third kappa shape index (κ3) is 2.69. The fraction of sp³-hybridized carbons (Fsp3) is 0.200. The maximum atomic E-state index is 11.4. The summed E-state index contributed by atoms with van der Waals surface area (Å²) < 4.78 is 31.9. The molecule has 2 N–H and O–H groups in total. The van der Waals surface area contributed by atoms with E-state index in [2.05, 4.69) is 0 Å². The summed E-state index contributed by atoms with van der Waals surface area (Å²) in [5.41, 5.74) is 1.83. The summed E-state index contributed by atoms with van der Waals surface area (Å²) in [6, 6.07) is 12.0. The third-order valence-electron chi connectivity index (χ3n) is 3.45. The zero-order chi connectivity index (χ0) is 14.9. The van der Waals surface area contributed by atoms with Crippen LogP contribution in [-0.4, -0.2) is 18.1 Å². The van der Waals surface area contributed by atoms with Crippen LogP contribution < -0.4 is 0 Å². The Morgan fingerprint density at radius 2 is 1.65 bits per heavy atom. The summed E-state index contributed by atoms with van der Waals surface area (Å²) in [4.78, 5) is -0.173. The minimum atomic E-state index is -4.30. The van der Waals surface area contributed by atoms with Gasteiger partial charge in [-0.25, -0.2) is 0 Å². The average molecular weight is 292 g/mol. The molecule has 0 bridgehead atoms. The quantitative estimate of drug-likeness (QED) is 0.852. The Morgan fingerprint density at radius 3 is 2.20 bits per heavy atom. The standard InChI is InChI=1S/C15H16O4S/c1-10(12-6-4-3-5-7-12)15-11(2)14(20(17,18)19)9-8-13(15)16/h3-10,16H,1-2H3,(H,17,18,19).